The lowest BCUT2D eigenvalue weighted by Gasteiger charge is -2.39. The molecular formula is C21H27ClN2O5. The highest BCUT2D eigenvalue weighted by molar-refractivity contribution is 6.31. The minimum atomic E-state index is -1.04. The van der Waals surface area contributed by atoms with E-state index in [1.807, 2.05) is 11.0 Å². The van der Waals surface area contributed by atoms with E-state index in [1.54, 1.807) is 12.1 Å². The first-order valence-electron chi connectivity index (χ1n) is 10.2. The number of hydrogen-bond acceptors (Lipinski definition) is 4. The maximum atomic E-state index is 13.0. The van der Waals surface area contributed by atoms with Crippen LogP contribution in [0.3, 0.4) is 0 Å². The van der Waals surface area contributed by atoms with Crippen molar-refractivity contribution in [2.75, 3.05) is 31.7 Å². The van der Waals surface area contributed by atoms with Gasteiger partial charge in [-0.1, -0.05) is 17.7 Å². The molecule has 0 bridgehead atoms. The molecule has 3 aliphatic rings. The summed E-state index contributed by atoms with van der Waals surface area (Å²) in [7, 11) is 1.47. The second-order valence-corrected chi connectivity index (χ2v) is 8.58. The zero-order chi connectivity index (χ0) is 20.6. The fraction of sp³-hybridized carbons (Fsp3) is 0.619. The Bertz CT molecular complexity index is 785. The molecule has 2 saturated heterocycles. The summed E-state index contributed by atoms with van der Waals surface area (Å²) in [6, 6.07) is 5.46. The highest BCUT2D eigenvalue weighted by atomic mass is 35.5. The summed E-state index contributed by atoms with van der Waals surface area (Å²) in [5, 5.41) is 9.59. The molecule has 2 heterocycles. The molecule has 1 aromatic rings. The van der Waals surface area contributed by atoms with Crippen molar-refractivity contribution in [2.45, 2.75) is 50.4 Å². The SMILES string of the molecule is CN(C(=O)O)c1ccc(CC2CCN(C3CCC4(CC3)OCCO4)C2=O)c(Cl)c1. The maximum Gasteiger partial charge on any atom is 0.411 e. The summed E-state index contributed by atoms with van der Waals surface area (Å²) in [5.74, 6) is -0.288. The first-order chi connectivity index (χ1) is 13.9. The third kappa shape index (κ3) is 4.09. The second kappa shape index (κ2) is 8.13. The van der Waals surface area contributed by atoms with E-state index in [-0.39, 0.29) is 17.9 Å². The van der Waals surface area contributed by atoms with E-state index in [1.165, 1.54) is 7.05 Å². The standard InChI is InChI=1S/C21H27ClN2O5/c1-23(20(26)27)17-3-2-14(18(22)13-17)12-15-6-9-24(19(15)25)16-4-7-21(8-5-16)28-10-11-29-21/h2-3,13,15-16H,4-12H2,1H3,(H,26,27). The first-order valence-corrected chi connectivity index (χ1v) is 10.6. The van der Waals surface area contributed by atoms with Gasteiger partial charge in [0, 0.05) is 49.1 Å². The molecule has 1 spiro atoms. The topological polar surface area (TPSA) is 79.3 Å². The lowest BCUT2D eigenvalue weighted by Crippen LogP contribution is -2.45. The molecule has 1 atom stereocenters. The van der Waals surface area contributed by atoms with Crippen molar-refractivity contribution in [3.63, 3.8) is 0 Å². The maximum absolute atomic E-state index is 13.0. The number of likely N-dealkylation sites (tertiary alicyclic amines) is 1. The number of carbonyl (C=O) groups is 2. The molecule has 1 unspecified atom stereocenters. The molecule has 8 heteroatoms. The van der Waals surface area contributed by atoms with E-state index >= 15 is 0 Å². The van der Waals surface area contributed by atoms with Crippen LogP contribution in [0.25, 0.3) is 0 Å². The number of hydrogen-bond donors (Lipinski definition) is 1. The molecule has 0 aromatic heterocycles. The summed E-state index contributed by atoms with van der Waals surface area (Å²) in [6.45, 7) is 2.11. The summed E-state index contributed by atoms with van der Waals surface area (Å²) in [6.07, 6.45) is 3.87. The monoisotopic (exact) mass is 422 g/mol. The van der Waals surface area contributed by atoms with Crippen LogP contribution in [0.1, 0.15) is 37.7 Å². The molecule has 2 aliphatic heterocycles. The molecule has 2 amide bonds. The van der Waals surface area contributed by atoms with E-state index in [2.05, 4.69) is 0 Å². The van der Waals surface area contributed by atoms with Crippen molar-refractivity contribution >= 4 is 29.3 Å². The van der Waals surface area contributed by atoms with Crippen LogP contribution < -0.4 is 4.90 Å². The largest absolute Gasteiger partial charge is 0.465 e. The zero-order valence-electron chi connectivity index (χ0n) is 16.6. The summed E-state index contributed by atoms with van der Waals surface area (Å²) >= 11 is 6.39. The Hall–Kier alpha value is -1.83. The molecule has 3 fully saturated rings. The number of carboxylic acid groups (broad SMARTS) is 1. The fourth-order valence-electron chi connectivity index (χ4n) is 4.74. The Morgan fingerprint density at radius 3 is 2.59 bits per heavy atom. The van der Waals surface area contributed by atoms with E-state index in [9.17, 15) is 9.59 Å². The van der Waals surface area contributed by atoms with Gasteiger partial charge < -0.3 is 19.5 Å². The molecule has 1 aliphatic carbocycles. The van der Waals surface area contributed by atoms with Crippen LogP contribution in [-0.4, -0.2) is 60.6 Å². The third-order valence-corrected chi connectivity index (χ3v) is 6.85. The smallest absolute Gasteiger partial charge is 0.411 e. The van der Waals surface area contributed by atoms with Crippen molar-refractivity contribution in [3.05, 3.63) is 28.8 Å². The fourth-order valence-corrected chi connectivity index (χ4v) is 4.99. The van der Waals surface area contributed by atoms with Crippen LogP contribution in [0, 0.1) is 5.92 Å². The Labute approximate surface area is 175 Å². The Morgan fingerprint density at radius 2 is 1.97 bits per heavy atom. The normalized spacial score (nSPS) is 24.4. The highest BCUT2D eigenvalue weighted by Crippen LogP contribution is 2.39. The molecule has 158 valence electrons. The molecule has 1 saturated carbocycles. The van der Waals surface area contributed by atoms with E-state index in [4.69, 9.17) is 26.2 Å². The van der Waals surface area contributed by atoms with Crippen LogP contribution >= 0.6 is 11.6 Å². The van der Waals surface area contributed by atoms with Gasteiger partial charge in [-0.05, 0) is 43.4 Å². The van der Waals surface area contributed by atoms with Gasteiger partial charge in [-0.3, -0.25) is 9.69 Å². The zero-order valence-corrected chi connectivity index (χ0v) is 17.4. The van der Waals surface area contributed by atoms with Crippen LogP contribution in [0.4, 0.5) is 10.5 Å². The molecule has 7 nitrogen and oxygen atoms in total. The number of amides is 2. The number of halogens is 1. The lowest BCUT2D eigenvalue weighted by atomic mass is 9.89. The molecule has 1 aromatic carbocycles. The molecular weight excluding hydrogens is 396 g/mol. The van der Waals surface area contributed by atoms with Gasteiger partial charge in [-0.15, -0.1) is 0 Å². The van der Waals surface area contributed by atoms with Crippen molar-refractivity contribution in [1.82, 2.24) is 4.90 Å². The molecule has 4 rings (SSSR count). The molecule has 1 N–H and O–H groups in total. The van der Waals surface area contributed by atoms with Crippen LogP contribution in [0.15, 0.2) is 18.2 Å². The Morgan fingerprint density at radius 1 is 1.28 bits per heavy atom. The number of ether oxygens (including phenoxy) is 2. The van der Waals surface area contributed by atoms with E-state index < -0.39 is 11.9 Å². The number of benzene rings is 1. The Kier molecular flexibility index (Phi) is 5.73. The lowest BCUT2D eigenvalue weighted by molar-refractivity contribution is -0.184. The van der Waals surface area contributed by atoms with E-state index in [0.717, 1.165) is 49.1 Å². The number of rotatable bonds is 4. The Balaban J connectivity index is 1.36. The number of carbonyl (C=O) groups excluding carboxylic acids is 1. The average Bonchev–Trinajstić information content (AvgIpc) is 3.31. The van der Waals surface area contributed by atoms with Crippen molar-refractivity contribution in [3.8, 4) is 0 Å². The van der Waals surface area contributed by atoms with Gasteiger partial charge in [0.25, 0.3) is 0 Å². The summed E-state index contributed by atoms with van der Waals surface area (Å²) in [4.78, 5) is 27.3. The van der Waals surface area contributed by atoms with Crippen molar-refractivity contribution < 1.29 is 24.2 Å². The molecule has 29 heavy (non-hydrogen) atoms. The second-order valence-electron chi connectivity index (χ2n) is 8.18. The number of anilines is 1. The third-order valence-electron chi connectivity index (χ3n) is 6.50. The summed E-state index contributed by atoms with van der Waals surface area (Å²) < 4.78 is 11.6. The van der Waals surface area contributed by atoms with Gasteiger partial charge in [0.15, 0.2) is 5.79 Å². The van der Waals surface area contributed by atoms with Crippen molar-refractivity contribution in [1.29, 1.82) is 0 Å². The van der Waals surface area contributed by atoms with Gasteiger partial charge in [0.2, 0.25) is 5.91 Å². The van der Waals surface area contributed by atoms with Crippen LogP contribution in [0.5, 0.6) is 0 Å². The van der Waals surface area contributed by atoms with Crippen LogP contribution in [0.2, 0.25) is 5.02 Å². The predicted octanol–water partition coefficient (Wildman–Crippen LogP) is 3.53. The minimum absolute atomic E-state index is 0.0783. The quantitative estimate of drug-likeness (QED) is 0.802. The predicted molar refractivity (Wildman–Crippen MR) is 108 cm³/mol. The van der Waals surface area contributed by atoms with E-state index in [0.29, 0.717) is 30.3 Å². The first kappa shape index (κ1) is 20.4. The van der Waals surface area contributed by atoms with Gasteiger partial charge in [-0.25, -0.2) is 4.79 Å². The van der Waals surface area contributed by atoms with Gasteiger partial charge >= 0.3 is 6.09 Å². The number of nitrogens with zero attached hydrogens (tertiary/aromatic N) is 2. The van der Waals surface area contributed by atoms with Gasteiger partial charge in [0.05, 0.1) is 13.2 Å². The van der Waals surface area contributed by atoms with Gasteiger partial charge in [-0.2, -0.15) is 0 Å². The molecule has 0 radical (unpaired) electrons. The van der Waals surface area contributed by atoms with Gasteiger partial charge in [0.1, 0.15) is 0 Å². The van der Waals surface area contributed by atoms with Crippen LogP contribution in [-0.2, 0) is 20.7 Å². The minimum Gasteiger partial charge on any atom is -0.465 e. The highest BCUT2D eigenvalue weighted by Gasteiger charge is 2.44. The summed E-state index contributed by atoms with van der Waals surface area (Å²) in [5.41, 5.74) is 1.39. The van der Waals surface area contributed by atoms with Crippen molar-refractivity contribution in [2.24, 2.45) is 5.92 Å². The average molecular weight is 423 g/mol.